The average molecular weight is 583 g/mol. The number of primary sulfonamides is 1. The van der Waals surface area contributed by atoms with Crippen LogP contribution >= 0.6 is 11.6 Å². The highest BCUT2D eigenvalue weighted by atomic mass is 35.5. The summed E-state index contributed by atoms with van der Waals surface area (Å²) in [5.74, 6) is -3.47. The minimum atomic E-state index is -3.92. The molecule has 0 unspecified atom stereocenters. The number of ketones is 1. The minimum Gasteiger partial charge on any atom is -0.476 e. The molecule has 0 aliphatic carbocycles. The van der Waals surface area contributed by atoms with Gasteiger partial charge in [0.1, 0.15) is 29.8 Å². The van der Waals surface area contributed by atoms with E-state index in [1.54, 1.807) is 0 Å². The van der Waals surface area contributed by atoms with Gasteiger partial charge in [-0.3, -0.25) is 14.4 Å². The first-order valence-corrected chi connectivity index (χ1v) is 13.8. The summed E-state index contributed by atoms with van der Waals surface area (Å²) in [7, 11) is -3.92. The second-order valence-electron chi connectivity index (χ2n) is 9.42. The van der Waals surface area contributed by atoms with Gasteiger partial charge in [0.25, 0.3) is 0 Å². The molecule has 39 heavy (non-hydrogen) atoms. The summed E-state index contributed by atoms with van der Waals surface area (Å²) >= 11 is 5.87. The standard InChI is InChI=1S/C25H25ClF2N4O6S/c1-14(33)19-11-31(21-6-5-17(7-18(19)21)38-13-39(30,36)37)12-22(34)32-10-16(27)9-25(32,24(29)35)8-15-3-2-4-20(26)23(15)28/h2-7,11,16H,8-10,12-13H2,1H3,(H2,29,35)(H2,30,36,37)/t16-,25+/m1/s1. The fraction of sp³-hybridized carbons (Fsp3) is 0.320. The third-order valence-corrected chi connectivity index (χ3v) is 7.40. The van der Waals surface area contributed by atoms with Crippen molar-refractivity contribution in [2.75, 3.05) is 12.5 Å². The molecule has 208 valence electrons. The van der Waals surface area contributed by atoms with E-state index < -0.39 is 64.8 Å². The summed E-state index contributed by atoms with van der Waals surface area (Å²) in [5.41, 5.74) is 4.48. The van der Waals surface area contributed by atoms with Gasteiger partial charge in [-0.25, -0.2) is 22.3 Å². The number of nitrogens with two attached hydrogens (primary N) is 2. The number of sulfonamides is 1. The summed E-state index contributed by atoms with van der Waals surface area (Å²) in [6.07, 6.45) is -0.969. The van der Waals surface area contributed by atoms with Gasteiger partial charge in [-0.15, -0.1) is 0 Å². The summed E-state index contributed by atoms with van der Waals surface area (Å²) in [6, 6.07) is 8.55. The molecule has 3 aromatic rings. The first-order valence-electron chi connectivity index (χ1n) is 11.7. The monoisotopic (exact) mass is 582 g/mol. The first-order chi connectivity index (χ1) is 18.2. The van der Waals surface area contributed by atoms with Crippen LogP contribution in [0.15, 0.2) is 42.6 Å². The van der Waals surface area contributed by atoms with Crippen molar-refractivity contribution in [3.05, 3.63) is 64.6 Å². The summed E-state index contributed by atoms with van der Waals surface area (Å²) in [5, 5.41) is 5.15. The van der Waals surface area contributed by atoms with Crippen molar-refractivity contribution < 1.29 is 36.3 Å². The minimum absolute atomic E-state index is 0.00510. The molecule has 2 atom stereocenters. The maximum atomic E-state index is 14.7. The van der Waals surface area contributed by atoms with Crippen molar-refractivity contribution in [3.63, 3.8) is 0 Å². The highest BCUT2D eigenvalue weighted by Gasteiger charge is 2.53. The number of hydrogen-bond acceptors (Lipinski definition) is 6. The molecular weight excluding hydrogens is 558 g/mol. The Morgan fingerprint density at radius 1 is 1.23 bits per heavy atom. The second kappa shape index (κ2) is 10.5. The van der Waals surface area contributed by atoms with Gasteiger partial charge in [0.15, 0.2) is 5.78 Å². The van der Waals surface area contributed by atoms with Gasteiger partial charge in [0.05, 0.1) is 11.6 Å². The fourth-order valence-electron chi connectivity index (χ4n) is 4.90. The maximum absolute atomic E-state index is 14.7. The predicted molar refractivity (Wildman–Crippen MR) is 139 cm³/mol. The number of ether oxygens (including phenoxy) is 1. The number of carbonyl (C=O) groups excluding carboxylic acids is 3. The largest absolute Gasteiger partial charge is 0.476 e. The third-order valence-electron chi connectivity index (χ3n) is 6.66. The van der Waals surface area contributed by atoms with E-state index in [9.17, 15) is 31.6 Å². The molecule has 4 rings (SSSR count). The van der Waals surface area contributed by atoms with Crippen LogP contribution in [0.4, 0.5) is 8.78 Å². The van der Waals surface area contributed by atoms with E-state index in [1.807, 2.05) is 0 Å². The molecule has 1 aliphatic heterocycles. The molecule has 2 amide bonds. The summed E-state index contributed by atoms with van der Waals surface area (Å²) in [4.78, 5) is 39.6. The van der Waals surface area contributed by atoms with Gasteiger partial charge < -0.3 is 19.9 Å². The summed E-state index contributed by atoms with van der Waals surface area (Å²) < 4.78 is 58.5. The van der Waals surface area contributed by atoms with Crippen molar-refractivity contribution >= 4 is 50.1 Å². The number of nitrogens with zero attached hydrogens (tertiary/aromatic N) is 2. The molecule has 0 bridgehead atoms. The number of aromatic nitrogens is 1. The Labute approximate surface area is 227 Å². The lowest BCUT2D eigenvalue weighted by atomic mass is 9.86. The Bertz CT molecular complexity index is 1590. The van der Waals surface area contributed by atoms with Crippen molar-refractivity contribution in [2.45, 2.75) is 38.0 Å². The number of amides is 2. The maximum Gasteiger partial charge on any atom is 0.244 e. The number of carbonyl (C=O) groups is 3. The van der Waals surface area contributed by atoms with E-state index in [0.29, 0.717) is 10.9 Å². The van der Waals surface area contributed by atoms with Gasteiger partial charge in [-0.1, -0.05) is 23.7 Å². The quantitative estimate of drug-likeness (QED) is 0.369. The smallest absolute Gasteiger partial charge is 0.244 e. The van der Waals surface area contributed by atoms with Crippen LogP contribution < -0.4 is 15.6 Å². The molecule has 0 radical (unpaired) electrons. The lowest BCUT2D eigenvalue weighted by Crippen LogP contribution is -2.58. The number of rotatable bonds is 9. The third kappa shape index (κ3) is 5.75. The van der Waals surface area contributed by atoms with Crippen LogP contribution in [0.2, 0.25) is 5.02 Å². The van der Waals surface area contributed by atoms with E-state index in [2.05, 4.69) is 0 Å². The van der Waals surface area contributed by atoms with E-state index >= 15 is 0 Å². The molecule has 1 aromatic heterocycles. The Morgan fingerprint density at radius 3 is 2.59 bits per heavy atom. The molecule has 1 fully saturated rings. The molecular formula is C25H25ClF2N4O6S. The molecule has 1 aliphatic rings. The SMILES string of the molecule is CC(=O)c1cn(CC(=O)N2C[C@H](F)C[C@@]2(Cc2cccc(Cl)c2F)C(N)=O)c2ccc(OCS(N)(=O)=O)cc12. The predicted octanol–water partition coefficient (Wildman–Crippen LogP) is 2.30. The van der Waals surface area contributed by atoms with Gasteiger partial charge in [0.2, 0.25) is 27.8 Å². The molecule has 14 heteroatoms. The van der Waals surface area contributed by atoms with Crippen LogP contribution in [0, 0.1) is 5.82 Å². The number of hydrogen-bond donors (Lipinski definition) is 2. The van der Waals surface area contributed by atoms with Crippen molar-refractivity contribution in [2.24, 2.45) is 10.9 Å². The van der Waals surface area contributed by atoms with Crippen molar-refractivity contribution in [1.82, 2.24) is 9.47 Å². The zero-order chi connectivity index (χ0) is 28.7. The van der Waals surface area contributed by atoms with Gasteiger partial charge in [-0.05, 0) is 36.8 Å². The Hall–Kier alpha value is -3.55. The zero-order valence-corrected chi connectivity index (χ0v) is 22.3. The molecule has 0 saturated carbocycles. The van der Waals surface area contributed by atoms with Crippen LogP contribution in [0.1, 0.15) is 29.3 Å². The molecule has 2 heterocycles. The Morgan fingerprint density at radius 2 is 1.95 bits per heavy atom. The van der Waals surface area contributed by atoms with Crippen molar-refractivity contribution in [3.8, 4) is 5.75 Å². The first kappa shape index (κ1) is 28.5. The lowest BCUT2D eigenvalue weighted by Gasteiger charge is -2.36. The van der Waals surface area contributed by atoms with Gasteiger partial charge in [0, 0.05) is 35.5 Å². The van der Waals surface area contributed by atoms with E-state index in [-0.39, 0.29) is 34.1 Å². The molecule has 2 aromatic carbocycles. The van der Waals surface area contributed by atoms with Gasteiger partial charge in [-0.2, -0.15) is 0 Å². The Kier molecular flexibility index (Phi) is 7.70. The number of primary amides is 1. The summed E-state index contributed by atoms with van der Waals surface area (Å²) in [6.45, 7) is 0.472. The molecule has 10 nitrogen and oxygen atoms in total. The number of benzene rings is 2. The number of fused-ring (bicyclic) bond motifs is 1. The van der Waals surface area contributed by atoms with E-state index in [4.69, 9.17) is 27.2 Å². The van der Waals surface area contributed by atoms with E-state index in [0.717, 1.165) is 4.90 Å². The molecule has 1 saturated heterocycles. The van der Waals surface area contributed by atoms with Crippen LogP contribution in [-0.4, -0.2) is 59.7 Å². The van der Waals surface area contributed by atoms with E-state index in [1.165, 1.54) is 54.1 Å². The highest BCUT2D eigenvalue weighted by molar-refractivity contribution is 7.88. The van der Waals surface area contributed by atoms with Crippen LogP contribution in [0.3, 0.4) is 0 Å². The van der Waals surface area contributed by atoms with Crippen LogP contribution in [0.25, 0.3) is 10.9 Å². The van der Waals surface area contributed by atoms with Gasteiger partial charge >= 0.3 is 0 Å². The Balaban J connectivity index is 1.69. The fourth-order valence-corrected chi connectivity index (χ4v) is 5.40. The second-order valence-corrected chi connectivity index (χ2v) is 11.4. The average Bonchev–Trinajstić information content (AvgIpc) is 3.38. The van der Waals surface area contributed by atoms with Crippen LogP contribution in [-0.2, 0) is 32.6 Å². The normalized spacial score (nSPS) is 19.4. The van der Waals surface area contributed by atoms with Crippen molar-refractivity contribution in [1.29, 1.82) is 0 Å². The zero-order valence-electron chi connectivity index (χ0n) is 20.7. The molecule has 0 spiro atoms. The van der Waals surface area contributed by atoms with Crippen LogP contribution in [0.5, 0.6) is 5.75 Å². The topological polar surface area (TPSA) is 155 Å². The molecule has 4 N–H and O–H groups in total. The number of halogens is 3. The highest BCUT2D eigenvalue weighted by Crippen LogP contribution is 2.36. The lowest BCUT2D eigenvalue weighted by molar-refractivity contribution is -0.144. The number of Topliss-reactive ketones (excluding diaryl/α,β-unsaturated/α-hetero) is 1. The number of alkyl halides is 1. The number of likely N-dealkylation sites (tertiary alicyclic amines) is 1.